The van der Waals surface area contributed by atoms with Gasteiger partial charge in [-0.3, -0.25) is 0 Å². The summed E-state index contributed by atoms with van der Waals surface area (Å²) >= 11 is 14.9. The molecule has 0 spiro atoms. The summed E-state index contributed by atoms with van der Waals surface area (Å²) in [7, 11) is 0. The second kappa shape index (κ2) is 24.1. The van der Waals surface area contributed by atoms with E-state index in [0.29, 0.717) is 0 Å². The Morgan fingerprint density at radius 2 is 1.16 bits per heavy atom. The molecule has 2 fully saturated rings. The summed E-state index contributed by atoms with van der Waals surface area (Å²) in [5, 5.41) is 1.71. The van der Waals surface area contributed by atoms with E-state index in [2.05, 4.69) is 49.9 Å². The van der Waals surface area contributed by atoms with E-state index >= 15 is 0 Å². The third-order valence-corrected chi connectivity index (χ3v) is 3.55. The molecule has 0 N–H and O–H groups in total. The highest BCUT2D eigenvalue weighted by molar-refractivity contribution is 6.47. The maximum Gasteiger partial charge on any atom is 0.137 e. The molecule has 0 aliphatic heterocycles. The van der Waals surface area contributed by atoms with Crippen LogP contribution in [0.3, 0.4) is 0 Å². The molecular formula is C22H34Cl3. The van der Waals surface area contributed by atoms with E-state index < -0.39 is 0 Å². The van der Waals surface area contributed by atoms with E-state index in [4.69, 9.17) is 11.6 Å². The minimum atomic E-state index is 0.761. The number of hydrogen-bond acceptors (Lipinski definition) is 0. The Hall–Kier alpha value is 0.0900. The van der Waals surface area contributed by atoms with Crippen LogP contribution in [0.1, 0.15) is 76.7 Å². The van der Waals surface area contributed by atoms with Gasteiger partial charge in [0.25, 0.3) is 0 Å². The van der Waals surface area contributed by atoms with Crippen molar-refractivity contribution in [3.8, 4) is 0 Å². The largest absolute Gasteiger partial charge is 0.137 e. The lowest BCUT2D eigenvalue weighted by molar-refractivity contribution is 0.593. The lowest BCUT2D eigenvalue weighted by Crippen LogP contribution is -1.87. The van der Waals surface area contributed by atoms with Gasteiger partial charge in [0.05, 0.1) is 0 Å². The summed E-state index contributed by atoms with van der Waals surface area (Å²) in [5.41, 5.74) is 0.995. The maximum atomic E-state index is 5.58. The molecule has 25 heavy (non-hydrogen) atoms. The molecule has 2 aliphatic carbocycles. The van der Waals surface area contributed by atoms with Gasteiger partial charge in [0, 0.05) is 5.02 Å². The lowest BCUT2D eigenvalue weighted by Gasteiger charge is -2.05. The molecule has 3 heteroatoms. The standard InChI is InChI=1S/C7H6Cl.C6H11.C5H9.C3H7.CHCl2/c1-6-2-4-7(8)5-3-6;1-2-4-6-5-3-1;1-2-4-5-3-1;1-3-2;2-1-3/h2-5H,1H2;1H,2-6H2;1H,2-5H2;1,3H2,2H3;1H. The van der Waals surface area contributed by atoms with Gasteiger partial charge in [-0.15, -0.1) is 23.2 Å². The second-order valence-electron chi connectivity index (χ2n) is 5.71. The molecule has 1 aromatic carbocycles. The number of rotatable bonds is 0. The zero-order valence-corrected chi connectivity index (χ0v) is 17.9. The van der Waals surface area contributed by atoms with E-state index in [-0.39, 0.29) is 0 Å². The van der Waals surface area contributed by atoms with Crippen molar-refractivity contribution in [2.45, 2.75) is 71.1 Å². The van der Waals surface area contributed by atoms with Crippen molar-refractivity contribution in [3.63, 3.8) is 0 Å². The zero-order valence-electron chi connectivity index (χ0n) is 15.7. The van der Waals surface area contributed by atoms with E-state index in [0.717, 1.165) is 22.3 Å². The first-order valence-corrected chi connectivity index (χ1v) is 10.4. The van der Waals surface area contributed by atoms with Gasteiger partial charge >= 0.3 is 0 Å². The van der Waals surface area contributed by atoms with Crippen molar-refractivity contribution < 1.29 is 0 Å². The van der Waals surface area contributed by atoms with Crippen LogP contribution < -0.4 is 0 Å². The Bertz CT molecular complexity index is 286. The van der Waals surface area contributed by atoms with Gasteiger partial charge < -0.3 is 0 Å². The van der Waals surface area contributed by atoms with E-state index in [1.165, 1.54) is 57.8 Å². The van der Waals surface area contributed by atoms with E-state index in [1.54, 1.807) is 0 Å². The van der Waals surface area contributed by atoms with Gasteiger partial charge in [-0.25, -0.2) is 0 Å². The number of hydrogen-bond donors (Lipinski definition) is 0. The molecule has 143 valence electrons. The highest BCUT2D eigenvalue weighted by atomic mass is 35.5. The average Bonchev–Trinajstić information content (AvgIpc) is 3.21. The summed E-state index contributed by atoms with van der Waals surface area (Å²) in [4.78, 5) is 0. The minimum Gasteiger partial charge on any atom is -0.102 e. The highest BCUT2D eigenvalue weighted by Crippen LogP contribution is 2.14. The van der Waals surface area contributed by atoms with Crippen LogP contribution in [0.5, 0.6) is 0 Å². The third kappa shape index (κ3) is 26.4. The van der Waals surface area contributed by atoms with E-state index in [1.807, 2.05) is 31.2 Å². The Balaban J connectivity index is 0. The molecule has 0 nitrogen and oxygen atoms in total. The summed E-state index contributed by atoms with van der Waals surface area (Å²) in [5.74, 6) is 0. The maximum absolute atomic E-state index is 5.58. The SMILES string of the molecule is Cl[CH]Cl.[CH2]CC.[CH2]c1ccc(Cl)cc1.[CH]1CCCC1.[CH]1CCCCC1. The first-order chi connectivity index (χ1) is 12.1. The molecule has 2 aliphatic rings. The van der Waals surface area contributed by atoms with Crippen molar-refractivity contribution in [1.82, 2.24) is 0 Å². The molecule has 0 atom stereocenters. The Labute approximate surface area is 172 Å². The molecule has 1 aromatic rings. The predicted octanol–water partition coefficient (Wildman–Crippen LogP) is 9.26. The fourth-order valence-corrected chi connectivity index (χ4v) is 2.23. The molecule has 0 unspecified atom stereocenters. The van der Waals surface area contributed by atoms with Gasteiger partial charge in [0.15, 0.2) is 0 Å². The Morgan fingerprint density at radius 1 is 0.840 bits per heavy atom. The molecule has 5 radical (unpaired) electrons. The van der Waals surface area contributed by atoms with Gasteiger partial charge in [-0.05, 0) is 37.5 Å². The van der Waals surface area contributed by atoms with Crippen LogP contribution in [-0.2, 0) is 0 Å². The van der Waals surface area contributed by atoms with Crippen molar-refractivity contribution in [2.75, 3.05) is 0 Å². The molecule has 0 heterocycles. The highest BCUT2D eigenvalue weighted by Gasteiger charge is 1.96. The van der Waals surface area contributed by atoms with Crippen LogP contribution in [0.4, 0.5) is 0 Å². The van der Waals surface area contributed by atoms with Gasteiger partial charge in [0.2, 0.25) is 0 Å². The van der Waals surface area contributed by atoms with E-state index in [9.17, 15) is 0 Å². The number of halogens is 3. The van der Waals surface area contributed by atoms with Gasteiger partial charge in [-0.1, -0.05) is 102 Å². The normalized spacial score (nSPS) is 15.0. The van der Waals surface area contributed by atoms with Crippen molar-refractivity contribution >= 4 is 34.8 Å². The fraction of sp³-hybridized carbons (Fsp3) is 0.500. The smallest absolute Gasteiger partial charge is 0.102 e. The molecule has 0 amide bonds. The van der Waals surface area contributed by atoms with Crippen LogP contribution in [0.25, 0.3) is 0 Å². The number of benzene rings is 1. The first-order valence-electron chi connectivity index (χ1n) is 9.14. The van der Waals surface area contributed by atoms with Crippen molar-refractivity contribution in [1.29, 1.82) is 0 Å². The summed E-state index contributed by atoms with van der Waals surface area (Å²) in [6.45, 7) is 9.20. The monoisotopic (exact) mass is 403 g/mol. The molecule has 0 saturated heterocycles. The average molecular weight is 405 g/mol. The molecule has 2 saturated carbocycles. The Kier molecular flexibility index (Phi) is 26.3. The lowest BCUT2D eigenvalue weighted by atomic mass is 10.0. The molecule has 3 rings (SSSR count). The van der Waals surface area contributed by atoms with Crippen molar-refractivity contribution in [3.05, 3.63) is 66.9 Å². The van der Waals surface area contributed by atoms with Gasteiger partial charge in [-0.2, -0.15) is 0 Å². The zero-order chi connectivity index (χ0) is 19.2. The topological polar surface area (TPSA) is 0 Å². The first kappa shape index (κ1) is 27.3. The fourth-order valence-electron chi connectivity index (χ4n) is 2.10. The van der Waals surface area contributed by atoms with Crippen LogP contribution in [0.2, 0.25) is 5.02 Å². The van der Waals surface area contributed by atoms with Crippen LogP contribution >= 0.6 is 34.8 Å². The second-order valence-corrected chi connectivity index (χ2v) is 6.81. The molecule has 0 bridgehead atoms. The predicted molar refractivity (Wildman–Crippen MR) is 118 cm³/mol. The van der Waals surface area contributed by atoms with Crippen LogP contribution in [0.15, 0.2) is 24.3 Å². The Morgan fingerprint density at radius 3 is 1.32 bits per heavy atom. The van der Waals surface area contributed by atoms with Crippen LogP contribution in [-0.4, -0.2) is 0 Å². The van der Waals surface area contributed by atoms with Crippen molar-refractivity contribution in [2.24, 2.45) is 0 Å². The summed E-state index contributed by atoms with van der Waals surface area (Å²) in [6, 6.07) is 7.40. The molecular weight excluding hydrogens is 371 g/mol. The summed E-state index contributed by atoms with van der Waals surface area (Å²) in [6.07, 6.45) is 18.5. The summed E-state index contributed by atoms with van der Waals surface area (Å²) < 4.78 is 0. The quantitative estimate of drug-likeness (QED) is 0.404. The third-order valence-electron chi connectivity index (χ3n) is 3.30. The van der Waals surface area contributed by atoms with Crippen LogP contribution in [0, 0.1) is 32.0 Å². The molecule has 0 aromatic heterocycles. The minimum absolute atomic E-state index is 0.761. The van der Waals surface area contributed by atoms with Gasteiger partial charge in [0.1, 0.15) is 5.34 Å².